The van der Waals surface area contributed by atoms with E-state index < -0.39 is 0 Å². The van der Waals surface area contributed by atoms with Gasteiger partial charge in [0.05, 0.1) is 17.1 Å². The summed E-state index contributed by atoms with van der Waals surface area (Å²) in [6.45, 7) is -0.252. The Hall–Kier alpha value is -4.93. The van der Waals surface area contributed by atoms with E-state index in [0.717, 1.165) is 15.5 Å². The number of carbonyl (C=O) groups excluding carboxylic acids is 1. The van der Waals surface area contributed by atoms with E-state index in [1.54, 1.807) is 48.5 Å². The van der Waals surface area contributed by atoms with Gasteiger partial charge in [-0.25, -0.2) is 4.98 Å². The Morgan fingerprint density at radius 2 is 1.86 bits per heavy atom. The van der Waals surface area contributed by atoms with Crippen LogP contribution in [0.15, 0.2) is 110 Å². The van der Waals surface area contributed by atoms with E-state index in [9.17, 15) is 9.59 Å². The van der Waals surface area contributed by atoms with Crippen molar-refractivity contribution in [1.82, 2.24) is 9.66 Å². The van der Waals surface area contributed by atoms with Gasteiger partial charge in [0.2, 0.25) is 5.82 Å². The Morgan fingerprint density at radius 3 is 2.66 bits per heavy atom. The number of hydrogen-bond acceptors (Lipinski definition) is 7. The van der Waals surface area contributed by atoms with Crippen molar-refractivity contribution >= 4 is 72.9 Å². The van der Waals surface area contributed by atoms with Crippen LogP contribution in [0, 0.1) is 0 Å². The molecule has 0 saturated carbocycles. The van der Waals surface area contributed by atoms with E-state index >= 15 is 0 Å². The van der Waals surface area contributed by atoms with Crippen molar-refractivity contribution in [3.8, 4) is 17.3 Å². The maximum absolute atomic E-state index is 13.7. The van der Waals surface area contributed by atoms with Gasteiger partial charge in [0, 0.05) is 52.0 Å². The summed E-state index contributed by atoms with van der Waals surface area (Å²) in [6, 6.07) is 26.8. The highest BCUT2D eigenvalue weighted by Gasteiger charge is 2.17. The summed E-state index contributed by atoms with van der Waals surface area (Å²) in [4.78, 5) is 33.0. The minimum Gasteiger partial charge on any atom is -0.483 e. The Kier molecular flexibility index (Phi) is 8.19. The number of halogens is 2. The first-order valence-electron chi connectivity index (χ1n) is 13.5. The van der Waals surface area contributed by atoms with E-state index in [-0.39, 0.29) is 23.9 Å². The van der Waals surface area contributed by atoms with E-state index in [4.69, 9.17) is 25.7 Å². The number of para-hydroxylation sites is 1. The Bertz CT molecular complexity index is 2100. The van der Waals surface area contributed by atoms with Gasteiger partial charge in [-0.2, -0.15) is 9.78 Å². The number of nitrogens with zero attached hydrogens (tertiary/aromatic N) is 4. The van der Waals surface area contributed by atoms with Gasteiger partial charge in [0.15, 0.2) is 12.4 Å². The van der Waals surface area contributed by atoms with E-state index in [2.05, 4.69) is 26.3 Å². The first kappa shape index (κ1) is 29.2. The quantitative estimate of drug-likeness (QED) is 0.172. The fourth-order valence-corrected chi connectivity index (χ4v) is 5.05. The zero-order valence-corrected chi connectivity index (χ0v) is 26.0. The average Bonchev–Trinajstić information content (AvgIpc) is 3.44. The molecule has 0 atom stereocenters. The normalized spacial score (nSPS) is 11.4. The van der Waals surface area contributed by atoms with Crippen LogP contribution >= 0.6 is 27.5 Å². The van der Waals surface area contributed by atoms with Crippen molar-refractivity contribution in [1.29, 1.82) is 0 Å². The molecule has 0 spiro atoms. The predicted octanol–water partition coefficient (Wildman–Crippen LogP) is 7.19. The topological polar surface area (TPSA) is 102 Å². The Labute approximate surface area is 265 Å². The summed E-state index contributed by atoms with van der Waals surface area (Å²) in [7, 11) is 3.80. The molecule has 11 heteroatoms. The molecule has 0 saturated heterocycles. The standard InChI is InChI=1S/C33H25BrClN5O4/c1-39(2)25-13-7-20(29(17-25)43-19-31(41)37-24-11-9-23(35)10-12-24)18-36-40-32(38-27-6-4-3-5-26(27)33(40)42)30-16-21-15-22(34)8-14-28(21)44-30/h3-18H,19H2,1-2H3,(H,37,41). The molecule has 44 heavy (non-hydrogen) atoms. The number of carbonyl (C=O) groups is 1. The summed E-state index contributed by atoms with van der Waals surface area (Å²) in [6.07, 6.45) is 1.51. The molecule has 6 rings (SSSR count). The smallest absolute Gasteiger partial charge is 0.282 e. The van der Waals surface area contributed by atoms with Gasteiger partial charge >= 0.3 is 0 Å². The number of ether oxygens (including phenoxy) is 1. The van der Waals surface area contributed by atoms with Crippen molar-refractivity contribution < 1.29 is 13.9 Å². The van der Waals surface area contributed by atoms with E-state index in [0.29, 0.717) is 44.3 Å². The van der Waals surface area contributed by atoms with Crippen molar-refractivity contribution in [2.45, 2.75) is 0 Å². The number of aromatic nitrogens is 2. The van der Waals surface area contributed by atoms with Crippen LogP contribution in [0.2, 0.25) is 5.02 Å². The molecule has 0 aliphatic carbocycles. The van der Waals surface area contributed by atoms with Crippen molar-refractivity contribution in [3.63, 3.8) is 0 Å². The largest absolute Gasteiger partial charge is 0.483 e. The third-order valence-electron chi connectivity index (χ3n) is 6.77. The number of nitrogens with one attached hydrogen (secondary N) is 1. The molecule has 0 aliphatic heterocycles. The fourth-order valence-electron chi connectivity index (χ4n) is 4.54. The lowest BCUT2D eigenvalue weighted by Gasteiger charge is -2.16. The first-order chi connectivity index (χ1) is 21.2. The highest BCUT2D eigenvalue weighted by atomic mass is 79.9. The highest BCUT2D eigenvalue weighted by molar-refractivity contribution is 9.10. The maximum atomic E-state index is 13.7. The minimum absolute atomic E-state index is 0.243. The minimum atomic E-state index is -0.363. The number of rotatable bonds is 8. The molecule has 0 radical (unpaired) electrons. The van der Waals surface area contributed by atoms with Crippen LogP contribution in [-0.2, 0) is 4.79 Å². The third-order valence-corrected chi connectivity index (χ3v) is 7.51. The molecular formula is C33H25BrClN5O4. The van der Waals surface area contributed by atoms with Crippen molar-refractivity contribution in [2.75, 3.05) is 30.9 Å². The average molecular weight is 671 g/mol. The zero-order valence-electron chi connectivity index (χ0n) is 23.6. The van der Waals surface area contributed by atoms with Gasteiger partial charge in [-0.3, -0.25) is 9.59 Å². The number of furan rings is 1. The zero-order chi connectivity index (χ0) is 30.8. The summed E-state index contributed by atoms with van der Waals surface area (Å²) >= 11 is 9.43. The molecule has 1 amide bonds. The summed E-state index contributed by atoms with van der Waals surface area (Å²) in [5.41, 5.74) is 2.81. The predicted molar refractivity (Wildman–Crippen MR) is 178 cm³/mol. The molecule has 0 fully saturated rings. The molecule has 4 aromatic carbocycles. The number of fused-ring (bicyclic) bond motifs is 2. The van der Waals surface area contributed by atoms with Gasteiger partial charge in [0.1, 0.15) is 11.3 Å². The van der Waals surface area contributed by atoms with E-state index in [1.807, 2.05) is 61.5 Å². The molecular weight excluding hydrogens is 646 g/mol. The summed E-state index contributed by atoms with van der Waals surface area (Å²) in [5, 5.41) is 9.18. The van der Waals surface area contributed by atoms with Gasteiger partial charge in [-0.05, 0) is 72.8 Å². The summed E-state index contributed by atoms with van der Waals surface area (Å²) < 4.78 is 14.2. The van der Waals surface area contributed by atoms with Crippen LogP contribution in [-0.4, -0.2) is 42.5 Å². The van der Waals surface area contributed by atoms with Crippen LogP contribution in [0.3, 0.4) is 0 Å². The second-order valence-corrected chi connectivity index (χ2v) is 11.4. The molecule has 220 valence electrons. The number of anilines is 2. The lowest BCUT2D eigenvalue weighted by Crippen LogP contribution is -2.21. The molecule has 9 nitrogen and oxygen atoms in total. The Morgan fingerprint density at radius 1 is 1.07 bits per heavy atom. The van der Waals surface area contributed by atoms with Gasteiger partial charge in [-0.15, -0.1) is 0 Å². The molecule has 6 aromatic rings. The molecule has 0 unspecified atom stereocenters. The molecule has 0 bridgehead atoms. The fraction of sp³-hybridized carbons (Fsp3) is 0.0909. The van der Waals surface area contributed by atoms with Crippen LogP contribution in [0.25, 0.3) is 33.5 Å². The molecule has 1 N–H and O–H groups in total. The van der Waals surface area contributed by atoms with Gasteiger partial charge < -0.3 is 19.4 Å². The number of benzene rings is 4. The number of amides is 1. The second-order valence-electron chi connectivity index (χ2n) is 10.1. The molecule has 2 heterocycles. The lowest BCUT2D eigenvalue weighted by atomic mass is 10.2. The first-order valence-corrected chi connectivity index (χ1v) is 14.7. The molecule has 2 aromatic heterocycles. The van der Waals surface area contributed by atoms with Crippen LogP contribution < -0.4 is 20.5 Å². The van der Waals surface area contributed by atoms with Crippen LogP contribution in [0.1, 0.15) is 5.56 Å². The lowest BCUT2D eigenvalue weighted by molar-refractivity contribution is -0.118. The van der Waals surface area contributed by atoms with Crippen molar-refractivity contribution in [3.05, 3.63) is 116 Å². The van der Waals surface area contributed by atoms with Crippen LogP contribution in [0.4, 0.5) is 11.4 Å². The van der Waals surface area contributed by atoms with E-state index in [1.165, 1.54) is 10.9 Å². The van der Waals surface area contributed by atoms with Crippen molar-refractivity contribution in [2.24, 2.45) is 5.10 Å². The SMILES string of the molecule is CN(C)c1ccc(C=Nn2c(-c3cc4cc(Br)ccc4o3)nc3ccccc3c2=O)c(OCC(=O)Nc2ccc(Cl)cc2)c1. The number of hydrogen-bond donors (Lipinski definition) is 1. The highest BCUT2D eigenvalue weighted by Crippen LogP contribution is 2.30. The summed E-state index contributed by atoms with van der Waals surface area (Å²) in [5.74, 6) is 0.686. The van der Waals surface area contributed by atoms with Crippen LogP contribution in [0.5, 0.6) is 5.75 Å². The van der Waals surface area contributed by atoms with Gasteiger partial charge in [-0.1, -0.05) is 39.7 Å². The maximum Gasteiger partial charge on any atom is 0.282 e. The second kappa shape index (κ2) is 12.4. The molecule has 0 aliphatic rings. The third kappa shape index (κ3) is 6.22. The monoisotopic (exact) mass is 669 g/mol. The van der Waals surface area contributed by atoms with Gasteiger partial charge in [0.25, 0.3) is 11.5 Å². The Balaban J connectivity index is 1.37.